The van der Waals surface area contributed by atoms with Crippen molar-refractivity contribution < 1.29 is 17.9 Å². The van der Waals surface area contributed by atoms with Gasteiger partial charge in [0, 0.05) is 29.1 Å². The van der Waals surface area contributed by atoms with E-state index in [2.05, 4.69) is 32.2 Å². The number of halogens is 3. The van der Waals surface area contributed by atoms with Gasteiger partial charge < -0.3 is 9.14 Å². The molecule has 1 aliphatic heterocycles. The van der Waals surface area contributed by atoms with Gasteiger partial charge in [0.15, 0.2) is 17.5 Å². The largest absolute Gasteiger partial charge is 0.493 e. The molecule has 5 aromatic rings. The summed E-state index contributed by atoms with van der Waals surface area (Å²) in [6.45, 7) is 5.00. The SMILES string of the molecule is CCc1c(C)cn2cc(-c3cccc(-c4ccc(F)c(F)c4F)c3)nc2c1-c1ccc2c(c1)CCCO2. The number of imidazole rings is 1. The number of pyridine rings is 1. The Hall–Kier alpha value is -4.06. The molecule has 0 saturated carbocycles. The molecule has 0 atom stereocenters. The Balaban J connectivity index is 1.50. The molecule has 0 N–H and O–H groups in total. The van der Waals surface area contributed by atoms with Gasteiger partial charge in [0.25, 0.3) is 0 Å². The van der Waals surface area contributed by atoms with Crippen LogP contribution in [0.3, 0.4) is 0 Å². The molecule has 0 unspecified atom stereocenters. The van der Waals surface area contributed by atoms with E-state index in [1.54, 1.807) is 18.2 Å². The van der Waals surface area contributed by atoms with Gasteiger partial charge in [0.1, 0.15) is 11.4 Å². The maximum absolute atomic E-state index is 14.5. The molecule has 0 bridgehead atoms. The maximum Gasteiger partial charge on any atom is 0.195 e. The minimum atomic E-state index is -1.47. The Morgan fingerprint density at radius 2 is 1.76 bits per heavy atom. The summed E-state index contributed by atoms with van der Waals surface area (Å²) in [4.78, 5) is 5.01. The van der Waals surface area contributed by atoms with E-state index in [0.29, 0.717) is 11.3 Å². The van der Waals surface area contributed by atoms with Crippen LogP contribution in [0.2, 0.25) is 0 Å². The fraction of sp³-hybridized carbons (Fsp3) is 0.194. The monoisotopic (exact) mass is 498 g/mol. The molecular formula is C31H25F3N2O. The second-order valence-corrected chi connectivity index (χ2v) is 9.45. The van der Waals surface area contributed by atoms with Crippen LogP contribution >= 0.6 is 0 Å². The third-order valence-corrected chi connectivity index (χ3v) is 7.12. The summed E-state index contributed by atoms with van der Waals surface area (Å²) in [5, 5.41) is 0. The molecule has 0 radical (unpaired) electrons. The number of rotatable bonds is 4. The van der Waals surface area contributed by atoms with Gasteiger partial charge in [-0.2, -0.15) is 0 Å². The fourth-order valence-electron chi connectivity index (χ4n) is 5.30. The maximum atomic E-state index is 14.5. The van der Waals surface area contributed by atoms with E-state index in [1.807, 2.05) is 22.7 Å². The van der Waals surface area contributed by atoms with Crippen molar-refractivity contribution >= 4 is 5.65 Å². The highest BCUT2D eigenvalue weighted by Crippen LogP contribution is 2.37. The molecular weight excluding hydrogens is 473 g/mol. The van der Waals surface area contributed by atoms with Crippen LogP contribution in [-0.4, -0.2) is 16.0 Å². The zero-order valence-electron chi connectivity index (χ0n) is 20.6. The summed E-state index contributed by atoms with van der Waals surface area (Å²) in [5.41, 5.74) is 8.55. The van der Waals surface area contributed by atoms with Crippen LogP contribution in [0, 0.1) is 24.4 Å². The first-order chi connectivity index (χ1) is 17.9. The van der Waals surface area contributed by atoms with Crippen molar-refractivity contribution in [3.63, 3.8) is 0 Å². The summed E-state index contributed by atoms with van der Waals surface area (Å²) in [5.74, 6) is -2.93. The van der Waals surface area contributed by atoms with Crippen molar-refractivity contribution in [3.8, 4) is 39.3 Å². The number of nitrogens with zero attached hydrogens (tertiary/aromatic N) is 2. The van der Waals surface area contributed by atoms with Gasteiger partial charge in [0.05, 0.1) is 12.3 Å². The van der Waals surface area contributed by atoms with Gasteiger partial charge in [-0.05, 0) is 84.3 Å². The number of ether oxygens (including phenoxy) is 1. The average Bonchev–Trinajstić information content (AvgIpc) is 3.34. The van der Waals surface area contributed by atoms with Crippen molar-refractivity contribution in [3.05, 3.63) is 101 Å². The van der Waals surface area contributed by atoms with Crippen LogP contribution in [0.5, 0.6) is 5.75 Å². The van der Waals surface area contributed by atoms with Crippen molar-refractivity contribution in [1.29, 1.82) is 0 Å². The number of hydrogen-bond donors (Lipinski definition) is 0. The molecule has 0 spiro atoms. The first-order valence-electron chi connectivity index (χ1n) is 12.5. The van der Waals surface area contributed by atoms with Crippen molar-refractivity contribution in [2.24, 2.45) is 0 Å². The van der Waals surface area contributed by atoms with Crippen LogP contribution in [0.25, 0.3) is 39.2 Å². The molecule has 3 heterocycles. The number of aromatic nitrogens is 2. The third kappa shape index (κ3) is 3.97. The number of hydrogen-bond acceptors (Lipinski definition) is 2. The molecule has 186 valence electrons. The van der Waals surface area contributed by atoms with Crippen LogP contribution < -0.4 is 4.74 Å². The van der Waals surface area contributed by atoms with Gasteiger partial charge in [-0.3, -0.25) is 0 Å². The van der Waals surface area contributed by atoms with Gasteiger partial charge in [-0.1, -0.05) is 31.2 Å². The van der Waals surface area contributed by atoms with E-state index in [1.165, 1.54) is 22.8 Å². The lowest BCUT2D eigenvalue weighted by Crippen LogP contribution is -2.08. The van der Waals surface area contributed by atoms with Gasteiger partial charge in [-0.15, -0.1) is 0 Å². The highest BCUT2D eigenvalue weighted by atomic mass is 19.2. The topological polar surface area (TPSA) is 26.5 Å². The Bertz CT molecular complexity index is 1670. The summed E-state index contributed by atoms with van der Waals surface area (Å²) >= 11 is 0. The van der Waals surface area contributed by atoms with Crippen LogP contribution in [0.15, 0.2) is 67.0 Å². The highest BCUT2D eigenvalue weighted by Gasteiger charge is 2.20. The molecule has 0 fully saturated rings. The molecule has 37 heavy (non-hydrogen) atoms. The van der Waals surface area contributed by atoms with E-state index < -0.39 is 17.5 Å². The van der Waals surface area contributed by atoms with E-state index in [-0.39, 0.29) is 5.56 Å². The second kappa shape index (κ2) is 9.11. The molecule has 0 saturated heterocycles. The Morgan fingerprint density at radius 3 is 2.59 bits per heavy atom. The smallest absolute Gasteiger partial charge is 0.195 e. The first-order valence-corrected chi connectivity index (χ1v) is 12.5. The molecule has 1 aliphatic rings. The summed E-state index contributed by atoms with van der Waals surface area (Å²) in [7, 11) is 0. The summed E-state index contributed by atoms with van der Waals surface area (Å²) < 4.78 is 49.7. The van der Waals surface area contributed by atoms with Crippen molar-refractivity contribution in [2.75, 3.05) is 6.61 Å². The lowest BCUT2D eigenvalue weighted by molar-refractivity contribution is 0.288. The molecule has 3 aromatic carbocycles. The molecule has 0 aliphatic carbocycles. The van der Waals surface area contributed by atoms with E-state index in [0.717, 1.165) is 60.0 Å². The van der Waals surface area contributed by atoms with Crippen molar-refractivity contribution in [1.82, 2.24) is 9.38 Å². The van der Waals surface area contributed by atoms with Gasteiger partial charge in [0.2, 0.25) is 0 Å². The Morgan fingerprint density at radius 1 is 0.919 bits per heavy atom. The fourth-order valence-corrected chi connectivity index (χ4v) is 5.30. The lowest BCUT2D eigenvalue weighted by Gasteiger charge is -2.19. The quantitative estimate of drug-likeness (QED) is 0.235. The van der Waals surface area contributed by atoms with Crippen LogP contribution in [-0.2, 0) is 12.8 Å². The van der Waals surface area contributed by atoms with Gasteiger partial charge >= 0.3 is 0 Å². The van der Waals surface area contributed by atoms with E-state index >= 15 is 0 Å². The third-order valence-electron chi connectivity index (χ3n) is 7.12. The standard InChI is InChI=1S/C31H25F3N2O/c1-3-23-18(2)16-36-17-26(20-7-4-6-19(14-20)24-10-11-25(32)30(34)29(24)33)35-31(36)28(23)22-9-12-27-21(15-22)8-5-13-37-27/h4,6-7,9-12,14-17H,3,5,8,13H2,1-2H3. The van der Waals surface area contributed by atoms with Crippen molar-refractivity contribution in [2.45, 2.75) is 33.1 Å². The number of fused-ring (bicyclic) bond motifs is 2. The van der Waals surface area contributed by atoms with Crippen LogP contribution in [0.4, 0.5) is 13.2 Å². The number of aryl methyl sites for hydroxylation is 2. The molecule has 2 aromatic heterocycles. The Kier molecular flexibility index (Phi) is 5.75. The molecule has 0 amide bonds. The van der Waals surface area contributed by atoms with Crippen LogP contribution in [0.1, 0.15) is 30.0 Å². The second-order valence-electron chi connectivity index (χ2n) is 9.45. The average molecular weight is 499 g/mol. The highest BCUT2D eigenvalue weighted by molar-refractivity contribution is 5.84. The molecule has 6 heteroatoms. The molecule has 3 nitrogen and oxygen atoms in total. The van der Waals surface area contributed by atoms with E-state index in [4.69, 9.17) is 9.72 Å². The summed E-state index contributed by atoms with van der Waals surface area (Å²) in [6.07, 6.45) is 6.88. The minimum absolute atomic E-state index is 0.00518. The van der Waals surface area contributed by atoms with Gasteiger partial charge in [-0.25, -0.2) is 18.2 Å². The lowest BCUT2D eigenvalue weighted by atomic mass is 9.93. The normalized spacial score (nSPS) is 13.0. The minimum Gasteiger partial charge on any atom is -0.493 e. The first kappa shape index (κ1) is 23.3. The summed E-state index contributed by atoms with van der Waals surface area (Å²) in [6, 6.07) is 15.6. The predicted octanol–water partition coefficient (Wildman–Crippen LogP) is 7.95. The molecule has 6 rings (SSSR count). The predicted molar refractivity (Wildman–Crippen MR) is 139 cm³/mol. The van der Waals surface area contributed by atoms with E-state index in [9.17, 15) is 13.2 Å². The zero-order valence-corrected chi connectivity index (χ0v) is 20.6. The Labute approximate surface area is 213 Å². The zero-order chi connectivity index (χ0) is 25.7. The number of benzene rings is 3.